The minimum Gasteiger partial charge on any atom is -0.378 e. The topological polar surface area (TPSA) is 86.4 Å². The second-order valence-corrected chi connectivity index (χ2v) is 7.37. The van der Waals surface area contributed by atoms with Crippen molar-refractivity contribution in [2.45, 2.75) is 12.7 Å². The van der Waals surface area contributed by atoms with E-state index in [1.165, 1.54) is 17.0 Å². The maximum absolute atomic E-state index is 13.1. The van der Waals surface area contributed by atoms with Gasteiger partial charge in [0.1, 0.15) is 0 Å². The van der Waals surface area contributed by atoms with Crippen LogP contribution in [0.3, 0.4) is 0 Å². The molecule has 0 aliphatic carbocycles. The Morgan fingerprint density at radius 3 is 2.21 bits per heavy atom. The predicted molar refractivity (Wildman–Crippen MR) is 111 cm³/mol. The van der Waals surface area contributed by atoms with E-state index < -0.39 is 34.6 Å². The van der Waals surface area contributed by atoms with Crippen molar-refractivity contribution in [1.82, 2.24) is 19.2 Å². The molecule has 11 heteroatoms. The zero-order valence-corrected chi connectivity index (χ0v) is 17.3. The molecule has 1 fully saturated rings. The van der Waals surface area contributed by atoms with Crippen LogP contribution in [-0.4, -0.2) is 51.5 Å². The fourth-order valence-corrected chi connectivity index (χ4v) is 3.42. The molecule has 2 heterocycles. The van der Waals surface area contributed by atoms with E-state index >= 15 is 0 Å². The third-order valence-corrected chi connectivity index (χ3v) is 5.18. The maximum atomic E-state index is 13.1. The van der Waals surface area contributed by atoms with E-state index in [4.69, 9.17) is 4.74 Å². The molecule has 1 amide bonds. The Kier molecular flexibility index (Phi) is 6.14. The molecule has 0 spiro atoms. The minimum absolute atomic E-state index is 0.267. The number of nitrogens with zero attached hydrogens (tertiary/aromatic N) is 4. The summed E-state index contributed by atoms with van der Waals surface area (Å²) in [6.45, 7) is 0.828. The molecule has 3 aromatic rings. The number of carbonyl (C=O) groups excluding carboxylic acids is 1. The van der Waals surface area contributed by atoms with Crippen molar-refractivity contribution in [3.05, 3.63) is 92.3 Å². The second-order valence-electron chi connectivity index (χ2n) is 7.37. The summed E-state index contributed by atoms with van der Waals surface area (Å²) in [5, 5.41) is 4.06. The lowest BCUT2D eigenvalue weighted by Crippen LogP contribution is -2.48. The number of hydrogen-bond acceptors (Lipinski definition) is 5. The van der Waals surface area contributed by atoms with Crippen molar-refractivity contribution < 1.29 is 22.7 Å². The van der Waals surface area contributed by atoms with Crippen LogP contribution in [0, 0.1) is 0 Å². The molecule has 0 radical (unpaired) electrons. The predicted octanol–water partition coefficient (Wildman–Crippen LogP) is 1.93. The summed E-state index contributed by atoms with van der Waals surface area (Å²) in [4.78, 5) is 40.7. The molecule has 33 heavy (non-hydrogen) atoms. The zero-order valence-electron chi connectivity index (χ0n) is 17.3. The van der Waals surface area contributed by atoms with Crippen LogP contribution < -0.4 is 11.2 Å². The third kappa shape index (κ3) is 4.72. The first kappa shape index (κ1) is 22.5. The summed E-state index contributed by atoms with van der Waals surface area (Å²) in [5.74, 6) is -0.644. The van der Waals surface area contributed by atoms with Crippen molar-refractivity contribution in [3.8, 4) is 5.69 Å². The molecule has 4 rings (SSSR count). The Labute approximate surface area is 185 Å². The molecule has 0 N–H and O–H groups in total. The van der Waals surface area contributed by atoms with Gasteiger partial charge in [-0.05, 0) is 29.8 Å². The van der Waals surface area contributed by atoms with Crippen LogP contribution in [0.2, 0.25) is 0 Å². The summed E-state index contributed by atoms with van der Waals surface area (Å²) in [6.07, 6.45) is -4.51. The zero-order chi connectivity index (χ0) is 23.6. The van der Waals surface area contributed by atoms with Crippen molar-refractivity contribution >= 4 is 5.91 Å². The van der Waals surface area contributed by atoms with Gasteiger partial charge in [0.05, 0.1) is 31.0 Å². The van der Waals surface area contributed by atoms with Crippen LogP contribution in [0.1, 0.15) is 21.6 Å². The number of carbonyl (C=O) groups is 1. The van der Waals surface area contributed by atoms with Gasteiger partial charge in [-0.3, -0.25) is 14.2 Å². The van der Waals surface area contributed by atoms with Crippen molar-refractivity contribution in [2.24, 2.45) is 0 Å². The highest BCUT2D eigenvalue weighted by Crippen LogP contribution is 2.29. The van der Waals surface area contributed by atoms with Gasteiger partial charge in [0.15, 0.2) is 0 Å². The highest BCUT2D eigenvalue weighted by molar-refractivity contribution is 5.91. The summed E-state index contributed by atoms with van der Waals surface area (Å²) < 4.78 is 45.6. The van der Waals surface area contributed by atoms with Crippen LogP contribution >= 0.6 is 0 Å². The van der Waals surface area contributed by atoms with Crippen LogP contribution in [0.5, 0.6) is 0 Å². The molecule has 0 atom stereocenters. The van der Waals surface area contributed by atoms with Gasteiger partial charge in [0, 0.05) is 13.1 Å². The Hall–Kier alpha value is -3.73. The highest BCUT2D eigenvalue weighted by atomic mass is 19.4. The molecule has 1 aromatic heterocycles. The number of halogens is 3. The van der Waals surface area contributed by atoms with Crippen LogP contribution in [-0.2, 0) is 17.5 Å². The monoisotopic (exact) mass is 460 g/mol. The lowest BCUT2D eigenvalue weighted by molar-refractivity contribution is -0.137. The van der Waals surface area contributed by atoms with Gasteiger partial charge in [0.25, 0.3) is 11.5 Å². The number of amides is 1. The smallest absolute Gasteiger partial charge is 0.378 e. The molecule has 0 saturated carbocycles. The fraction of sp³-hybridized carbons (Fsp3) is 0.273. The van der Waals surface area contributed by atoms with Crippen molar-refractivity contribution in [2.75, 3.05) is 26.3 Å². The van der Waals surface area contributed by atoms with Gasteiger partial charge < -0.3 is 9.64 Å². The van der Waals surface area contributed by atoms with Crippen molar-refractivity contribution in [3.63, 3.8) is 0 Å². The Bertz CT molecular complexity index is 1260. The van der Waals surface area contributed by atoms with E-state index in [0.29, 0.717) is 18.9 Å². The largest absolute Gasteiger partial charge is 0.416 e. The molecule has 0 unspecified atom stereocenters. The quantitative estimate of drug-likeness (QED) is 0.594. The molecular formula is C22H19F3N4O4. The van der Waals surface area contributed by atoms with E-state index in [0.717, 1.165) is 21.4 Å². The first-order chi connectivity index (χ1) is 15.8. The Balaban J connectivity index is 1.80. The molecule has 172 valence electrons. The SMILES string of the molecule is O=C(c1nn(-c2ccccc2)c(=O)n(Cc2ccc(C(F)(F)F)cc2)c1=O)N1CCOCC1. The highest BCUT2D eigenvalue weighted by Gasteiger charge is 2.30. The first-order valence-corrected chi connectivity index (χ1v) is 10.1. The number of ether oxygens (including phenoxy) is 1. The van der Waals surface area contributed by atoms with E-state index in [9.17, 15) is 27.6 Å². The Morgan fingerprint density at radius 1 is 0.970 bits per heavy atom. The molecule has 0 bridgehead atoms. The average molecular weight is 460 g/mol. The summed E-state index contributed by atoms with van der Waals surface area (Å²) in [5.41, 5.74) is -2.41. The lowest BCUT2D eigenvalue weighted by Gasteiger charge is -2.26. The van der Waals surface area contributed by atoms with Crippen LogP contribution in [0.15, 0.2) is 64.2 Å². The standard InChI is InChI=1S/C22H19F3N4O4/c23-22(24,25)16-8-6-15(7-9-16)14-28-20(31)18(19(30)27-10-12-33-13-11-27)26-29(21(28)32)17-4-2-1-3-5-17/h1-9H,10-14H2. The van der Waals surface area contributed by atoms with Gasteiger partial charge in [-0.1, -0.05) is 30.3 Å². The third-order valence-electron chi connectivity index (χ3n) is 5.18. The number of rotatable bonds is 4. The lowest BCUT2D eigenvalue weighted by atomic mass is 10.1. The number of alkyl halides is 3. The summed E-state index contributed by atoms with van der Waals surface area (Å²) in [6, 6.07) is 12.3. The molecule has 1 aliphatic rings. The maximum Gasteiger partial charge on any atom is 0.416 e. The molecule has 1 saturated heterocycles. The number of morpholine rings is 1. The summed E-state index contributed by atoms with van der Waals surface area (Å²) >= 11 is 0. The number of para-hydroxylation sites is 1. The first-order valence-electron chi connectivity index (χ1n) is 10.1. The van der Waals surface area contributed by atoms with E-state index in [2.05, 4.69) is 5.10 Å². The van der Waals surface area contributed by atoms with Gasteiger partial charge in [0.2, 0.25) is 5.69 Å². The van der Waals surface area contributed by atoms with E-state index in [1.807, 2.05) is 0 Å². The molecule has 8 nitrogen and oxygen atoms in total. The van der Waals surface area contributed by atoms with Crippen molar-refractivity contribution in [1.29, 1.82) is 0 Å². The fourth-order valence-electron chi connectivity index (χ4n) is 3.42. The van der Waals surface area contributed by atoms with Crippen LogP contribution in [0.4, 0.5) is 13.2 Å². The van der Waals surface area contributed by atoms with Crippen LogP contribution in [0.25, 0.3) is 5.69 Å². The summed E-state index contributed by atoms with van der Waals surface area (Å²) in [7, 11) is 0. The molecule has 1 aliphatic heterocycles. The molecule has 2 aromatic carbocycles. The van der Waals surface area contributed by atoms with Gasteiger partial charge >= 0.3 is 11.9 Å². The second kappa shape index (κ2) is 9.02. The number of benzene rings is 2. The number of hydrogen-bond donors (Lipinski definition) is 0. The average Bonchev–Trinajstić information content (AvgIpc) is 2.82. The van der Waals surface area contributed by atoms with Gasteiger partial charge in [-0.25, -0.2) is 4.79 Å². The van der Waals surface area contributed by atoms with E-state index in [1.54, 1.807) is 30.3 Å². The van der Waals surface area contributed by atoms with Gasteiger partial charge in [-0.15, -0.1) is 0 Å². The van der Waals surface area contributed by atoms with E-state index in [-0.39, 0.29) is 25.2 Å². The Morgan fingerprint density at radius 2 is 1.61 bits per heavy atom. The number of aromatic nitrogens is 3. The minimum atomic E-state index is -4.51. The normalized spacial score (nSPS) is 14.3. The van der Waals surface area contributed by atoms with Gasteiger partial charge in [-0.2, -0.15) is 23.0 Å². The molecular weight excluding hydrogens is 441 g/mol.